The molecule has 8 nitrogen and oxygen atoms in total. The number of hydrogen-bond acceptors (Lipinski definition) is 7. The van der Waals surface area contributed by atoms with Gasteiger partial charge in [0.25, 0.3) is 5.69 Å². The second-order valence-corrected chi connectivity index (χ2v) is 5.24. The lowest BCUT2D eigenvalue weighted by molar-refractivity contribution is -0.385. The van der Waals surface area contributed by atoms with E-state index in [2.05, 4.69) is 10.1 Å². The Morgan fingerprint density at radius 1 is 1.24 bits per heavy atom. The number of nitrogen functional groups attached to an aromatic ring is 1. The van der Waals surface area contributed by atoms with E-state index < -0.39 is 10.7 Å². The molecule has 0 aliphatic carbocycles. The number of aryl methyl sites for hydroxylation is 2. The molecule has 0 unspecified atom stereocenters. The SMILES string of the molecule is Cc1noc(C)c1-c1c(Oc2ccc([N+](=O)[O-])cc2F)ccnc1N. The number of non-ortho nitro benzene ring substituents is 1. The lowest BCUT2D eigenvalue weighted by Gasteiger charge is -2.13. The molecule has 0 radical (unpaired) electrons. The third kappa shape index (κ3) is 2.99. The number of halogens is 1. The van der Waals surface area contributed by atoms with Crippen LogP contribution in [0.4, 0.5) is 15.9 Å². The third-order valence-electron chi connectivity index (χ3n) is 3.57. The number of nitrogens with zero attached hydrogens (tertiary/aromatic N) is 3. The van der Waals surface area contributed by atoms with Crippen LogP contribution in [0.1, 0.15) is 11.5 Å². The van der Waals surface area contributed by atoms with E-state index in [1.54, 1.807) is 13.8 Å². The molecule has 3 rings (SSSR count). The molecule has 25 heavy (non-hydrogen) atoms. The topological polar surface area (TPSA) is 117 Å². The number of aromatic nitrogens is 2. The van der Waals surface area contributed by atoms with E-state index in [0.29, 0.717) is 22.6 Å². The second kappa shape index (κ2) is 6.19. The molecule has 0 bridgehead atoms. The number of benzene rings is 1. The van der Waals surface area contributed by atoms with Crippen molar-refractivity contribution in [1.29, 1.82) is 0 Å². The van der Waals surface area contributed by atoms with Crippen molar-refractivity contribution < 1.29 is 18.6 Å². The molecule has 0 aliphatic heterocycles. The first-order valence-electron chi connectivity index (χ1n) is 7.18. The Kier molecular flexibility index (Phi) is 4.05. The van der Waals surface area contributed by atoms with Crippen LogP contribution in [-0.4, -0.2) is 15.1 Å². The molecule has 2 aromatic heterocycles. The number of rotatable bonds is 4. The lowest BCUT2D eigenvalue weighted by atomic mass is 10.0. The van der Waals surface area contributed by atoms with E-state index in [-0.39, 0.29) is 23.0 Å². The monoisotopic (exact) mass is 344 g/mol. The van der Waals surface area contributed by atoms with Crippen LogP contribution in [0.2, 0.25) is 0 Å². The predicted octanol–water partition coefficient (Wildman–Crippen LogP) is 3.78. The van der Waals surface area contributed by atoms with Gasteiger partial charge in [-0.15, -0.1) is 0 Å². The summed E-state index contributed by atoms with van der Waals surface area (Å²) in [6.45, 7) is 3.44. The van der Waals surface area contributed by atoms with Crippen molar-refractivity contribution in [3.05, 3.63) is 57.8 Å². The van der Waals surface area contributed by atoms with Gasteiger partial charge in [0.1, 0.15) is 17.3 Å². The van der Waals surface area contributed by atoms with E-state index >= 15 is 0 Å². The van der Waals surface area contributed by atoms with Gasteiger partial charge >= 0.3 is 0 Å². The highest BCUT2D eigenvalue weighted by molar-refractivity contribution is 5.82. The van der Waals surface area contributed by atoms with Crippen LogP contribution in [0.15, 0.2) is 35.0 Å². The Balaban J connectivity index is 2.08. The Morgan fingerprint density at radius 3 is 2.60 bits per heavy atom. The fourth-order valence-corrected chi connectivity index (χ4v) is 2.44. The fraction of sp³-hybridized carbons (Fsp3) is 0.125. The van der Waals surface area contributed by atoms with Crippen molar-refractivity contribution in [3.63, 3.8) is 0 Å². The summed E-state index contributed by atoms with van der Waals surface area (Å²) in [5.41, 5.74) is 7.18. The van der Waals surface area contributed by atoms with Crippen LogP contribution < -0.4 is 10.5 Å². The quantitative estimate of drug-likeness (QED) is 0.565. The fourth-order valence-electron chi connectivity index (χ4n) is 2.44. The zero-order chi connectivity index (χ0) is 18.1. The van der Waals surface area contributed by atoms with Gasteiger partial charge in [0.15, 0.2) is 11.6 Å². The van der Waals surface area contributed by atoms with Crippen molar-refractivity contribution in [2.75, 3.05) is 5.73 Å². The Hall–Kier alpha value is -3.49. The molecule has 3 aromatic rings. The predicted molar refractivity (Wildman–Crippen MR) is 86.7 cm³/mol. The summed E-state index contributed by atoms with van der Waals surface area (Å²) in [6, 6.07) is 4.63. The molecule has 9 heteroatoms. The average molecular weight is 344 g/mol. The highest BCUT2D eigenvalue weighted by Crippen LogP contribution is 2.40. The maximum atomic E-state index is 14.1. The minimum Gasteiger partial charge on any atom is -0.453 e. The van der Waals surface area contributed by atoms with E-state index in [0.717, 1.165) is 12.1 Å². The summed E-state index contributed by atoms with van der Waals surface area (Å²) >= 11 is 0. The van der Waals surface area contributed by atoms with E-state index in [1.807, 2.05) is 0 Å². The molecule has 2 heterocycles. The molecule has 128 valence electrons. The summed E-state index contributed by atoms with van der Waals surface area (Å²) in [7, 11) is 0. The Bertz CT molecular complexity index is 951. The molecule has 0 fully saturated rings. The van der Waals surface area contributed by atoms with Crippen LogP contribution in [0.5, 0.6) is 11.5 Å². The van der Waals surface area contributed by atoms with Crippen molar-refractivity contribution in [1.82, 2.24) is 10.1 Å². The zero-order valence-corrected chi connectivity index (χ0v) is 13.3. The van der Waals surface area contributed by atoms with Crippen molar-refractivity contribution in [3.8, 4) is 22.6 Å². The van der Waals surface area contributed by atoms with E-state index in [1.165, 1.54) is 18.3 Å². The van der Waals surface area contributed by atoms with Gasteiger partial charge in [-0.1, -0.05) is 5.16 Å². The van der Waals surface area contributed by atoms with Gasteiger partial charge in [0.05, 0.1) is 27.8 Å². The second-order valence-electron chi connectivity index (χ2n) is 5.24. The standard InChI is InChI=1S/C16H13FN4O4/c1-8-14(9(2)25-20-8)15-13(5-6-19-16(15)18)24-12-4-3-10(21(22)23)7-11(12)17/h3-7H,1-2H3,(H2,18,19). The minimum atomic E-state index is -0.866. The number of nitro groups is 1. The van der Waals surface area contributed by atoms with Crippen LogP contribution in [-0.2, 0) is 0 Å². The van der Waals surface area contributed by atoms with Gasteiger partial charge in [0, 0.05) is 12.3 Å². The smallest absolute Gasteiger partial charge is 0.272 e. The van der Waals surface area contributed by atoms with Crippen LogP contribution in [0.25, 0.3) is 11.1 Å². The summed E-state index contributed by atoms with van der Waals surface area (Å²) < 4.78 is 24.9. The van der Waals surface area contributed by atoms with Crippen molar-refractivity contribution in [2.45, 2.75) is 13.8 Å². The largest absolute Gasteiger partial charge is 0.453 e. The van der Waals surface area contributed by atoms with Crippen LogP contribution in [0, 0.1) is 29.8 Å². The highest BCUT2D eigenvalue weighted by Gasteiger charge is 2.21. The first kappa shape index (κ1) is 16.4. The number of anilines is 1. The highest BCUT2D eigenvalue weighted by atomic mass is 19.1. The molecular formula is C16H13FN4O4. The van der Waals surface area contributed by atoms with Gasteiger partial charge in [-0.05, 0) is 26.0 Å². The maximum Gasteiger partial charge on any atom is 0.272 e. The number of nitrogens with two attached hydrogens (primary N) is 1. The van der Waals surface area contributed by atoms with Crippen molar-refractivity contribution in [2.24, 2.45) is 0 Å². The molecule has 2 N–H and O–H groups in total. The molecule has 0 saturated carbocycles. The number of pyridine rings is 1. The molecule has 0 atom stereocenters. The van der Waals surface area contributed by atoms with Gasteiger partial charge in [-0.2, -0.15) is 0 Å². The summed E-state index contributed by atoms with van der Waals surface area (Å²) in [5, 5.41) is 14.6. The Morgan fingerprint density at radius 2 is 2.00 bits per heavy atom. The van der Waals surface area contributed by atoms with Gasteiger partial charge in [-0.25, -0.2) is 9.37 Å². The van der Waals surface area contributed by atoms with Gasteiger partial charge < -0.3 is 15.0 Å². The molecule has 1 aromatic carbocycles. The molecule has 0 amide bonds. The summed E-state index contributed by atoms with van der Waals surface area (Å²) in [5.74, 6) is -0.145. The lowest BCUT2D eigenvalue weighted by Crippen LogP contribution is -1.99. The minimum absolute atomic E-state index is 0.161. The summed E-state index contributed by atoms with van der Waals surface area (Å²) in [6.07, 6.45) is 1.41. The first-order chi connectivity index (χ1) is 11.9. The average Bonchev–Trinajstić information content (AvgIpc) is 2.88. The third-order valence-corrected chi connectivity index (χ3v) is 3.57. The summed E-state index contributed by atoms with van der Waals surface area (Å²) in [4.78, 5) is 14.0. The van der Waals surface area contributed by atoms with E-state index in [9.17, 15) is 14.5 Å². The van der Waals surface area contributed by atoms with Crippen molar-refractivity contribution >= 4 is 11.5 Å². The first-order valence-corrected chi connectivity index (χ1v) is 7.18. The Labute approximate surface area is 141 Å². The number of ether oxygens (including phenoxy) is 1. The normalized spacial score (nSPS) is 10.7. The molecular weight excluding hydrogens is 331 g/mol. The molecule has 0 aliphatic rings. The van der Waals surface area contributed by atoms with Crippen LogP contribution in [0.3, 0.4) is 0 Å². The van der Waals surface area contributed by atoms with Gasteiger partial charge in [-0.3, -0.25) is 10.1 Å². The number of hydrogen-bond donors (Lipinski definition) is 1. The van der Waals surface area contributed by atoms with Gasteiger partial charge in [0.2, 0.25) is 0 Å². The zero-order valence-electron chi connectivity index (χ0n) is 13.3. The number of nitro benzene ring substituents is 1. The maximum absolute atomic E-state index is 14.1. The molecule has 0 saturated heterocycles. The molecule has 0 spiro atoms. The van der Waals surface area contributed by atoms with Crippen LogP contribution >= 0.6 is 0 Å². The van der Waals surface area contributed by atoms with E-state index in [4.69, 9.17) is 15.0 Å².